The minimum Gasteiger partial charge on any atom is -0.346 e. The van der Waals surface area contributed by atoms with E-state index in [1.54, 1.807) is 0 Å². The van der Waals surface area contributed by atoms with Crippen LogP contribution in [0.2, 0.25) is 0 Å². The number of hydrogen-bond acceptors (Lipinski definition) is 5. The molecule has 0 bridgehead atoms. The number of aromatic amines is 2. The number of benzene rings is 1. The average Bonchev–Trinajstić information content (AvgIpc) is 3.45. The highest BCUT2D eigenvalue weighted by atomic mass is 15.1. The molecule has 1 unspecified atom stereocenters. The summed E-state index contributed by atoms with van der Waals surface area (Å²) in [7, 11) is 0. The molecule has 4 heterocycles. The second-order valence-corrected chi connectivity index (χ2v) is 8.18. The Morgan fingerprint density at radius 3 is 2.87 bits per heavy atom. The minimum absolute atomic E-state index is 0.0767. The Kier molecular flexibility index (Phi) is 5.11. The van der Waals surface area contributed by atoms with Crippen molar-refractivity contribution >= 4 is 22.1 Å². The lowest BCUT2D eigenvalue weighted by Gasteiger charge is -2.35. The first-order valence-electron chi connectivity index (χ1n) is 10.7. The van der Waals surface area contributed by atoms with Gasteiger partial charge in [0.05, 0.1) is 29.4 Å². The molecule has 1 fully saturated rings. The molecule has 1 aliphatic rings. The van der Waals surface area contributed by atoms with Crippen molar-refractivity contribution < 1.29 is 0 Å². The number of hydrogen-bond donors (Lipinski definition) is 2. The molecule has 0 spiro atoms. The summed E-state index contributed by atoms with van der Waals surface area (Å²) in [6.07, 6.45) is 6.35. The zero-order chi connectivity index (χ0) is 21.2. The minimum atomic E-state index is 0.0767. The topological polar surface area (TPSA) is 108 Å². The molecular weight excluding hydrogens is 386 g/mol. The SMILES string of the molecule is N#CCCN1CCC(C(c2cccc(C#N)c2)c2nc3c(cnc4[nH]ccc43)[nH]2)CC1. The maximum Gasteiger partial charge on any atom is 0.139 e. The molecule has 154 valence electrons. The molecule has 0 saturated carbocycles. The lowest BCUT2D eigenvalue weighted by atomic mass is 9.79. The van der Waals surface area contributed by atoms with Gasteiger partial charge in [-0.3, -0.25) is 0 Å². The zero-order valence-electron chi connectivity index (χ0n) is 17.2. The van der Waals surface area contributed by atoms with Crippen LogP contribution in [0, 0.1) is 28.6 Å². The van der Waals surface area contributed by atoms with Crippen molar-refractivity contribution in [1.29, 1.82) is 10.5 Å². The first-order valence-corrected chi connectivity index (χ1v) is 10.7. The van der Waals surface area contributed by atoms with Crippen LogP contribution in [0.5, 0.6) is 0 Å². The summed E-state index contributed by atoms with van der Waals surface area (Å²) in [6.45, 7) is 2.79. The molecule has 4 aromatic rings. The third-order valence-corrected chi connectivity index (χ3v) is 6.37. The highest BCUT2D eigenvalue weighted by Crippen LogP contribution is 2.38. The summed E-state index contributed by atoms with van der Waals surface area (Å²) < 4.78 is 0. The summed E-state index contributed by atoms with van der Waals surface area (Å²) in [4.78, 5) is 18.6. The number of pyridine rings is 1. The van der Waals surface area contributed by atoms with Gasteiger partial charge < -0.3 is 14.9 Å². The lowest BCUT2D eigenvalue weighted by Crippen LogP contribution is -2.36. The van der Waals surface area contributed by atoms with Crippen LogP contribution in [0.25, 0.3) is 22.1 Å². The van der Waals surface area contributed by atoms with Crippen LogP contribution in [0.15, 0.2) is 42.7 Å². The Morgan fingerprint density at radius 1 is 1.19 bits per heavy atom. The number of nitrogens with one attached hydrogen (secondary N) is 2. The Balaban J connectivity index is 1.54. The van der Waals surface area contributed by atoms with E-state index < -0.39 is 0 Å². The number of imidazole rings is 1. The van der Waals surface area contributed by atoms with E-state index in [9.17, 15) is 5.26 Å². The highest BCUT2D eigenvalue weighted by Gasteiger charge is 2.31. The summed E-state index contributed by atoms with van der Waals surface area (Å²) in [5.74, 6) is 1.41. The van der Waals surface area contributed by atoms with E-state index in [2.05, 4.69) is 38.1 Å². The molecule has 1 aliphatic heterocycles. The van der Waals surface area contributed by atoms with Gasteiger partial charge >= 0.3 is 0 Å². The zero-order valence-corrected chi connectivity index (χ0v) is 17.2. The van der Waals surface area contributed by atoms with Crippen molar-refractivity contribution in [3.8, 4) is 12.1 Å². The third-order valence-electron chi connectivity index (χ3n) is 6.37. The fourth-order valence-corrected chi connectivity index (χ4v) is 4.81. The molecule has 7 heteroatoms. The van der Waals surface area contributed by atoms with Crippen molar-refractivity contribution in [1.82, 2.24) is 24.8 Å². The summed E-state index contributed by atoms with van der Waals surface area (Å²) in [5, 5.41) is 19.3. The molecule has 5 rings (SSSR count). The number of piperidine rings is 1. The first-order chi connectivity index (χ1) is 15.3. The molecular formula is C24H23N7. The van der Waals surface area contributed by atoms with Gasteiger partial charge in [-0.1, -0.05) is 12.1 Å². The van der Waals surface area contributed by atoms with Gasteiger partial charge in [0.25, 0.3) is 0 Å². The number of nitriles is 2. The average molecular weight is 409 g/mol. The second-order valence-electron chi connectivity index (χ2n) is 8.18. The van der Waals surface area contributed by atoms with E-state index >= 15 is 0 Å². The fraction of sp³-hybridized carbons (Fsp3) is 0.333. The largest absolute Gasteiger partial charge is 0.346 e. The lowest BCUT2D eigenvalue weighted by molar-refractivity contribution is 0.177. The number of H-pyrrole nitrogens is 2. The highest BCUT2D eigenvalue weighted by molar-refractivity contribution is 6.00. The summed E-state index contributed by atoms with van der Waals surface area (Å²) >= 11 is 0. The van der Waals surface area contributed by atoms with Crippen LogP contribution in [-0.4, -0.2) is 44.5 Å². The molecule has 0 radical (unpaired) electrons. The van der Waals surface area contributed by atoms with Crippen LogP contribution < -0.4 is 0 Å². The fourth-order valence-electron chi connectivity index (χ4n) is 4.81. The third kappa shape index (κ3) is 3.65. The van der Waals surface area contributed by atoms with Crippen molar-refractivity contribution in [2.75, 3.05) is 19.6 Å². The molecule has 1 atom stereocenters. The van der Waals surface area contributed by atoms with Crippen LogP contribution in [-0.2, 0) is 0 Å². The Morgan fingerprint density at radius 2 is 2.06 bits per heavy atom. The van der Waals surface area contributed by atoms with E-state index in [-0.39, 0.29) is 5.92 Å². The van der Waals surface area contributed by atoms with Gasteiger partial charge in [-0.05, 0) is 55.6 Å². The van der Waals surface area contributed by atoms with Gasteiger partial charge in [-0.15, -0.1) is 0 Å². The molecule has 31 heavy (non-hydrogen) atoms. The van der Waals surface area contributed by atoms with E-state index in [4.69, 9.17) is 10.2 Å². The Hall–Kier alpha value is -3.68. The van der Waals surface area contributed by atoms with Crippen molar-refractivity contribution in [3.05, 3.63) is 59.7 Å². The molecule has 0 amide bonds. The van der Waals surface area contributed by atoms with Crippen molar-refractivity contribution in [3.63, 3.8) is 0 Å². The van der Waals surface area contributed by atoms with Gasteiger partial charge in [-0.25, -0.2) is 9.97 Å². The van der Waals surface area contributed by atoms with Crippen LogP contribution in [0.3, 0.4) is 0 Å². The van der Waals surface area contributed by atoms with Gasteiger partial charge in [0, 0.05) is 30.5 Å². The monoisotopic (exact) mass is 409 g/mol. The molecule has 0 aliphatic carbocycles. The molecule has 1 aromatic carbocycles. The van der Waals surface area contributed by atoms with E-state index in [1.807, 2.05) is 36.7 Å². The predicted molar refractivity (Wildman–Crippen MR) is 118 cm³/mol. The van der Waals surface area contributed by atoms with Crippen molar-refractivity contribution in [2.45, 2.75) is 25.2 Å². The molecule has 1 saturated heterocycles. The maximum absolute atomic E-state index is 9.43. The van der Waals surface area contributed by atoms with Gasteiger partial charge in [0.2, 0.25) is 0 Å². The maximum atomic E-state index is 9.43. The Labute approximate surface area is 180 Å². The number of aromatic nitrogens is 4. The standard InChI is InChI=1S/C24H23N7/c25-8-2-10-31-11-6-17(7-12-31)21(18-4-1-3-16(13-18)14-26)24-29-20-15-28-23-19(5-9-27-23)22(20)30-24/h1,3-5,9,13,15,17,21H,2,6-7,10-12H2,(H,27,28)(H,29,30). The normalized spacial score (nSPS) is 16.3. The quantitative estimate of drug-likeness (QED) is 0.516. The van der Waals surface area contributed by atoms with Crippen LogP contribution >= 0.6 is 0 Å². The first kappa shape index (κ1) is 19.3. The second kappa shape index (κ2) is 8.22. The molecule has 2 N–H and O–H groups in total. The van der Waals surface area contributed by atoms with Gasteiger partial charge in [0.1, 0.15) is 17.0 Å². The molecule has 7 nitrogen and oxygen atoms in total. The summed E-state index contributed by atoms with van der Waals surface area (Å²) in [6, 6.07) is 14.4. The number of likely N-dealkylation sites (tertiary alicyclic amines) is 1. The van der Waals surface area contributed by atoms with E-state index in [1.165, 1.54) is 0 Å². The summed E-state index contributed by atoms with van der Waals surface area (Å²) in [5.41, 5.74) is 4.47. The number of fused-ring (bicyclic) bond motifs is 3. The van der Waals surface area contributed by atoms with Gasteiger partial charge in [-0.2, -0.15) is 10.5 Å². The van der Waals surface area contributed by atoms with E-state index in [0.717, 1.165) is 65.9 Å². The van der Waals surface area contributed by atoms with Crippen LogP contribution in [0.1, 0.15) is 42.1 Å². The van der Waals surface area contributed by atoms with E-state index in [0.29, 0.717) is 17.9 Å². The predicted octanol–water partition coefficient (Wildman–Crippen LogP) is 4.07. The van der Waals surface area contributed by atoms with Crippen LogP contribution in [0.4, 0.5) is 0 Å². The smallest absolute Gasteiger partial charge is 0.139 e. The van der Waals surface area contributed by atoms with Crippen molar-refractivity contribution in [2.24, 2.45) is 5.92 Å². The van der Waals surface area contributed by atoms with Gasteiger partial charge in [0.15, 0.2) is 0 Å². The molecule has 3 aromatic heterocycles. The number of rotatable bonds is 5. The Bertz CT molecular complexity index is 1290. The number of nitrogens with zero attached hydrogens (tertiary/aromatic N) is 5.